The SMILES string of the molecule is O=C(N1CCC(CN2C=CC(c3ccccc3)=NC2)CC1)N1CCNC[C@H]1c1ccccc1. The van der Waals surface area contributed by atoms with E-state index < -0.39 is 0 Å². The maximum Gasteiger partial charge on any atom is 0.320 e. The number of hydrogen-bond acceptors (Lipinski definition) is 4. The summed E-state index contributed by atoms with van der Waals surface area (Å²) in [6.45, 7) is 5.83. The molecule has 33 heavy (non-hydrogen) atoms. The largest absolute Gasteiger partial charge is 0.358 e. The second-order valence-electron chi connectivity index (χ2n) is 9.17. The highest BCUT2D eigenvalue weighted by atomic mass is 16.2. The van der Waals surface area contributed by atoms with Crippen LogP contribution in [0.25, 0.3) is 0 Å². The Bertz CT molecular complexity index is 982. The van der Waals surface area contributed by atoms with E-state index in [1.165, 1.54) is 11.1 Å². The van der Waals surface area contributed by atoms with Gasteiger partial charge in [0.1, 0.15) is 6.67 Å². The fraction of sp³-hybridized carbons (Fsp3) is 0.407. The van der Waals surface area contributed by atoms with Crippen molar-refractivity contribution in [2.24, 2.45) is 10.9 Å². The van der Waals surface area contributed by atoms with Gasteiger partial charge in [-0.05, 0) is 36.0 Å². The van der Waals surface area contributed by atoms with Gasteiger partial charge < -0.3 is 20.0 Å². The van der Waals surface area contributed by atoms with E-state index in [1.54, 1.807) is 0 Å². The molecule has 6 heteroatoms. The zero-order valence-electron chi connectivity index (χ0n) is 19.1. The predicted octanol–water partition coefficient (Wildman–Crippen LogP) is 3.74. The zero-order valence-corrected chi connectivity index (χ0v) is 19.1. The van der Waals surface area contributed by atoms with Gasteiger partial charge in [-0.3, -0.25) is 4.99 Å². The molecular formula is C27H33N5O. The number of amides is 2. The van der Waals surface area contributed by atoms with Crippen LogP contribution in [0, 0.1) is 5.92 Å². The number of piperidine rings is 1. The van der Waals surface area contributed by atoms with E-state index >= 15 is 0 Å². The molecule has 2 aromatic rings. The number of rotatable bonds is 4. The number of allylic oxidation sites excluding steroid dienone is 1. The van der Waals surface area contributed by atoms with Gasteiger partial charge in [0.15, 0.2) is 0 Å². The molecule has 3 aliphatic rings. The van der Waals surface area contributed by atoms with E-state index in [-0.39, 0.29) is 12.1 Å². The average molecular weight is 444 g/mol. The van der Waals surface area contributed by atoms with Crippen LogP contribution in [-0.4, -0.2) is 72.4 Å². The number of carbonyl (C=O) groups is 1. The monoisotopic (exact) mass is 443 g/mol. The van der Waals surface area contributed by atoms with Crippen LogP contribution in [0.4, 0.5) is 4.79 Å². The number of piperazine rings is 1. The first-order chi connectivity index (χ1) is 16.3. The van der Waals surface area contributed by atoms with Crippen molar-refractivity contribution in [2.75, 3.05) is 45.9 Å². The molecule has 1 atom stereocenters. The summed E-state index contributed by atoms with van der Waals surface area (Å²) >= 11 is 0. The zero-order chi connectivity index (χ0) is 22.5. The first-order valence-corrected chi connectivity index (χ1v) is 12.1. The lowest BCUT2D eigenvalue weighted by molar-refractivity contribution is 0.102. The second kappa shape index (κ2) is 10.2. The van der Waals surface area contributed by atoms with Gasteiger partial charge in [-0.15, -0.1) is 0 Å². The third kappa shape index (κ3) is 5.11. The van der Waals surface area contributed by atoms with Gasteiger partial charge in [-0.2, -0.15) is 0 Å². The molecule has 0 unspecified atom stereocenters. The molecule has 0 spiro atoms. The molecule has 2 saturated heterocycles. The predicted molar refractivity (Wildman–Crippen MR) is 132 cm³/mol. The van der Waals surface area contributed by atoms with Crippen LogP contribution in [0.2, 0.25) is 0 Å². The van der Waals surface area contributed by atoms with Crippen molar-refractivity contribution < 1.29 is 4.79 Å². The first-order valence-electron chi connectivity index (χ1n) is 12.1. The van der Waals surface area contributed by atoms with Crippen LogP contribution in [0.1, 0.15) is 30.0 Å². The fourth-order valence-corrected chi connectivity index (χ4v) is 5.08. The van der Waals surface area contributed by atoms with Gasteiger partial charge in [-0.1, -0.05) is 60.7 Å². The molecule has 1 N–H and O–H groups in total. The number of urea groups is 1. The highest BCUT2D eigenvalue weighted by Crippen LogP contribution is 2.26. The van der Waals surface area contributed by atoms with Crippen LogP contribution in [0.15, 0.2) is 77.9 Å². The van der Waals surface area contributed by atoms with Gasteiger partial charge in [0.25, 0.3) is 0 Å². The fourth-order valence-electron chi connectivity index (χ4n) is 5.08. The summed E-state index contributed by atoms with van der Waals surface area (Å²) in [6, 6.07) is 21.0. The lowest BCUT2D eigenvalue weighted by Gasteiger charge is -2.42. The van der Waals surface area contributed by atoms with Crippen molar-refractivity contribution in [2.45, 2.75) is 18.9 Å². The normalized spacial score (nSPS) is 21.8. The topological polar surface area (TPSA) is 51.2 Å². The van der Waals surface area contributed by atoms with Crippen LogP contribution < -0.4 is 5.32 Å². The van der Waals surface area contributed by atoms with Crippen molar-refractivity contribution in [3.63, 3.8) is 0 Å². The molecule has 0 saturated carbocycles. The quantitative estimate of drug-likeness (QED) is 0.783. The summed E-state index contributed by atoms with van der Waals surface area (Å²) in [6.07, 6.45) is 6.39. The molecule has 0 bridgehead atoms. The maximum atomic E-state index is 13.4. The van der Waals surface area contributed by atoms with E-state index in [4.69, 9.17) is 4.99 Å². The molecule has 2 amide bonds. The van der Waals surface area contributed by atoms with Crippen LogP contribution in [-0.2, 0) is 0 Å². The van der Waals surface area contributed by atoms with E-state index in [0.717, 1.165) is 57.8 Å². The lowest BCUT2D eigenvalue weighted by Crippen LogP contribution is -2.54. The van der Waals surface area contributed by atoms with E-state index in [0.29, 0.717) is 12.6 Å². The molecule has 172 valence electrons. The smallest absolute Gasteiger partial charge is 0.320 e. The minimum atomic E-state index is 0.111. The summed E-state index contributed by atoms with van der Waals surface area (Å²) in [7, 11) is 0. The summed E-state index contributed by atoms with van der Waals surface area (Å²) in [5.74, 6) is 0.597. The Morgan fingerprint density at radius 3 is 2.39 bits per heavy atom. The third-order valence-corrected chi connectivity index (χ3v) is 6.99. The highest BCUT2D eigenvalue weighted by molar-refractivity contribution is 6.08. The standard InChI is InChI=1S/C27H33N5O/c33-27(32-18-14-28-19-26(32)24-9-5-2-6-10-24)31-16-11-22(12-17-31)20-30-15-13-25(29-21-30)23-7-3-1-4-8-23/h1-10,13,15,22,26,28H,11-12,14,16-21H2/t26-/m0/s1. The second-order valence-corrected chi connectivity index (χ2v) is 9.17. The number of nitrogens with zero attached hydrogens (tertiary/aromatic N) is 4. The number of benzene rings is 2. The molecule has 2 aromatic carbocycles. The van der Waals surface area contributed by atoms with Gasteiger partial charge in [0.05, 0.1) is 11.8 Å². The van der Waals surface area contributed by atoms with Crippen molar-refractivity contribution in [3.8, 4) is 0 Å². The molecule has 6 nitrogen and oxygen atoms in total. The summed E-state index contributed by atoms with van der Waals surface area (Å²) in [5, 5.41) is 3.45. The van der Waals surface area contributed by atoms with Crippen LogP contribution in [0.3, 0.4) is 0 Å². The molecule has 3 aliphatic heterocycles. The van der Waals surface area contributed by atoms with Crippen molar-refractivity contribution in [1.29, 1.82) is 0 Å². The average Bonchev–Trinajstić information content (AvgIpc) is 2.90. The Balaban J connectivity index is 1.13. The molecule has 0 aliphatic carbocycles. The molecule has 3 heterocycles. The molecule has 0 aromatic heterocycles. The minimum Gasteiger partial charge on any atom is -0.358 e. The van der Waals surface area contributed by atoms with E-state index in [9.17, 15) is 4.79 Å². The van der Waals surface area contributed by atoms with Gasteiger partial charge in [0, 0.05) is 45.5 Å². The number of nitrogens with one attached hydrogen (secondary N) is 1. The van der Waals surface area contributed by atoms with Gasteiger partial charge in [-0.25, -0.2) is 4.79 Å². The Labute approximate surface area is 196 Å². The number of likely N-dealkylation sites (tertiary alicyclic amines) is 1. The van der Waals surface area contributed by atoms with E-state index in [2.05, 4.69) is 80.8 Å². The Hall–Kier alpha value is -3.12. The summed E-state index contributed by atoms with van der Waals surface area (Å²) in [5.41, 5.74) is 3.43. The molecule has 2 fully saturated rings. The van der Waals surface area contributed by atoms with Crippen molar-refractivity contribution >= 4 is 11.7 Å². The van der Waals surface area contributed by atoms with Gasteiger partial charge >= 0.3 is 6.03 Å². The Morgan fingerprint density at radius 2 is 1.70 bits per heavy atom. The first kappa shape index (κ1) is 21.7. The molecular weight excluding hydrogens is 410 g/mol. The van der Waals surface area contributed by atoms with Crippen molar-refractivity contribution in [3.05, 3.63) is 84.1 Å². The number of hydrogen-bond donors (Lipinski definition) is 1. The minimum absolute atomic E-state index is 0.111. The molecule has 0 radical (unpaired) electrons. The van der Waals surface area contributed by atoms with Crippen molar-refractivity contribution in [1.82, 2.24) is 20.0 Å². The maximum absolute atomic E-state index is 13.4. The van der Waals surface area contributed by atoms with Gasteiger partial charge in [0.2, 0.25) is 0 Å². The molecule has 5 rings (SSSR count). The highest BCUT2D eigenvalue weighted by Gasteiger charge is 2.33. The number of carbonyl (C=O) groups excluding carboxylic acids is 1. The third-order valence-electron chi connectivity index (χ3n) is 6.99. The summed E-state index contributed by atoms with van der Waals surface area (Å²) < 4.78 is 0. The lowest BCUT2D eigenvalue weighted by atomic mass is 9.96. The van der Waals surface area contributed by atoms with Crippen LogP contribution in [0.5, 0.6) is 0 Å². The number of aliphatic imine (C=N–C) groups is 1. The Kier molecular flexibility index (Phi) is 6.72. The van der Waals surface area contributed by atoms with E-state index in [1.807, 2.05) is 12.1 Å². The van der Waals surface area contributed by atoms with Crippen LogP contribution >= 0.6 is 0 Å². The summed E-state index contributed by atoms with van der Waals surface area (Å²) in [4.78, 5) is 24.6. The Morgan fingerprint density at radius 1 is 0.970 bits per heavy atom.